The molecule has 1 fully saturated rings. The van der Waals surface area contributed by atoms with E-state index in [9.17, 15) is 4.79 Å². The highest BCUT2D eigenvalue weighted by atomic mass is 16.1. The number of H-pyrrole nitrogens is 1. The Kier molecular flexibility index (Phi) is 3.94. The van der Waals surface area contributed by atoms with E-state index in [4.69, 9.17) is 0 Å². The van der Waals surface area contributed by atoms with E-state index in [0.29, 0.717) is 5.92 Å². The van der Waals surface area contributed by atoms with Gasteiger partial charge in [-0.05, 0) is 39.8 Å². The molecule has 1 aromatic rings. The maximum Gasteiger partial charge on any atom is 0.254 e. The molecule has 0 radical (unpaired) electrons. The molecule has 0 aromatic carbocycles. The van der Waals surface area contributed by atoms with Crippen molar-refractivity contribution >= 4 is 0 Å². The summed E-state index contributed by atoms with van der Waals surface area (Å²) in [7, 11) is 1.89. The predicted molar refractivity (Wildman–Crippen MR) is 68.4 cm³/mol. The molecule has 1 aromatic heterocycles. The summed E-state index contributed by atoms with van der Waals surface area (Å²) < 4.78 is 0. The van der Waals surface area contributed by atoms with Gasteiger partial charge in [0.1, 0.15) is 5.82 Å². The fraction of sp³-hybridized carbons (Fsp3) is 0.692. The van der Waals surface area contributed by atoms with Crippen molar-refractivity contribution in [2.45, 2.75) is 44.9 Å². The van der Waals surface area contributed by atoms with E-state index in [1.54, 1.807) is 0 Å². The Bertz CT molecular complexity index is 433. The summed E-state index contributed by atoms with van der Waals surface area (Å²) in [5, 5.41) is 3.06. The minimum Gasteiger partial charge on any atom is -0.319 e. The second-order valence-corrected chi connectivity index (χ2v) is 4.85. The van der Waals surface area contributed by atoms with Crippen LogP contribution in [0.25, 0.3) is 0 Å². The van der Waals surface area contributed by atoms with Crippen LogP contribution in [0.3, 0.4) is 0 Å². The minimum atomic E-state index is 0.0506. The second-order valence-electron chi connectivity index (χ2n) is 4.85. The molecule has 0 atom stereocenters. The molecule has 1 aliphatic carbocycles. The second kappa shape index (κ2) is 5.45. The van der Waals surface area contributed by atoms with Crippen molar-refractivity contribution in [2.75, 3.05) is 13.6 Å². The van der Waals surface area contributed by atoms with Crippen LogP contribution >= 0.6 is 0 Å². The Balaban J connectivity index is 2.24. The van der Waals surface area contributed by atoms with E-state index in [1.165, 1.54) is 12.8 Å². The third-order valence-electron chi connectivity index (χ3n) is 3.61. The molecule has 0 saturated heterocycles. The van der Waals surface area contributed by atoms with E-state index in [-0.39, 0.29) is 5.56 Å². The van der Waals surface area contributed by atoms with Crippen molar-refractivity contribution < 1.29 is 0 Å². The number of nitrogens with zero attached hydrogens (tertiary/aromatic N) is 1. The van der Waals surface area contributed by atoms with E-state index < -0.39 is 0 Å². The van der Waals surface area contributed by atoms with E-state index in [1.807, 2.05) is 14.0 Å². The molecular formula is C13H21N3O. The first-order valence-electron chi connectivity index (χ1n) is 6.46. The summed E-state index contributed by atoms with van der Waals surface area (Å²) in [5.74, 6) is 1.37. The molecule has 4 nitrogen and oxygen atoms in total. The molecule has 2 N–H and O–H groups in total. The molecule has 1 saturated carbocycles. The minimum absolute atomic E-state index is 0.0506. The summed E-state index contributed by atoms with van der Waals surface area (Å²) >= 11 is 0. The lowest BCUT2D eigenvalue weighted by molar-refractivity contribution is 0.652. The Hall–Kier alpha value is -1.16. The van der Waals surface area contributed by atoms with Gasteiger partial charge in [-0.15, -0.1) is 0 Å². The number of nitrogens with one attached hydrogen (secondary N) is 2. The lowest BCUT2D eigenvalue weighted by Gasteiger charge is -2.11. The van der Waals surface area contributed by atoms with Crippen molar-refractivity contribution in [3.05, 3.63) is 27.4 Å². The van der Waals surface area contributed by atoms with Gasteiger partial charge in [-0.3, -0.25) is 4.79 Å². The fourth-order valence-corrected chi connectivity index (χ4v) is 2.57. The van der Waals surface area contributed by atoms with E-state index in [0.717, 1.165) is 42.9 Å². The summed E-state index contributed by atoms with van der Waals surface area (Å²) in [4.78, 5) is 19.6. The average molecular weight is 235 g/mol. The zero-order chi connectivity index (χ0) is 12.3. The Morgan fingerprint density at radius 3 is 2.71 bits per heavy atom. The standard InChI is InChI=1S/C13H21N3O/c1-9-11(7-8-14-2)13(17)16-12(15-9)10-5-3-4-6-10/h10,14H,3-8H2,1-2H3,(H,15,16,17). The number of likely N-dealkylation sites (N-methyl/N-ethyl adjacent to an activating group) is 1. The van der Waals surface area contributed by atoms with Crippen LogP contribution in [0.4, 0.5) is 0 Å². The maximum atomic E-state index is 12.0. The van der Waals surface area contributed by atoms with Gasteiger partial charge in [0.05, 0.1) is 0 Å². The lowest BCUT2D eigenvalue weighted by Crippen LogP contribution is -2.23. The topological polar surface area (TPSA) is 57.8 Å². The van der Waals surface area contributed by atoms with Crippen LogP contribution < -0.4 is 10.9 Å². The number of aryl methyl sites for hydroxylation is 1. The molecule has 0 aliphatic heterocycles. The van der Waals surface area contributed by atoms with Crippen LogP contribution in [0.15, 0.2) is 4.79 Å². The lowest BCUT2D eigenvalue weighted by atomic mass is 10.1. The zero-order valence-electron chi connectivity index (χ0n) is 10.7. The van der Waals surface area contributed by atoms with E-state index in [2.05, 4.69) is 15.3 Å². The summed E-state index contributed by atoms with van der Waals surface area (Å²) in [6.07, 6.45) is 5.59. The van der Waals surface area contributed by atoms with E-state index >= 15 is 0 Å². The highest BCUT2D eigenvalue weighted by Gasteiger charge is 2.20. The predicted octanol–water partition coefficient (Wildman–Crippen LogP) is 1.50. The SMILES string of the molecule is CNCCc1c(C)nc(C2CCCC2)[nH]c1=O. The first-order chi connectivity index (χ1) is 8.22. The molecule has 1 heterocycles. The third kappa shape index (κ3) is 2.75. The number of aromatic amines is 1. The van der Waals surface area contributed by atoms with Crippen LogP contribution in [0, 0.1) is 6.92 Å². The smallest absolute Gasteiger partial charge is 0.254 e. The Morgan fingerprint density at radius 2 is 2.12 bits per heavy atom. The number of hydrogen-bond acceptors (Lipinski definition) is 3. The van der Waals surface area contributed by atoms with Gasteiger partial charge >= 0.3 is 0 Å². The number of rotatable bonds is 4. The van der Waals surface area contributed by atoms with Crippen molar-refractivity contribution in [1.82, 2.24) is 15.3 Å². The van der Waals surface area contributed by atoms with Crippen molar-refractivity contribution in [3.63, 3.8) is 0 Å². The van der Waals surface area contributed by atoms with Crippen molar-refractivity contribution in [3.8, 4) is 0 Å². The number of hydrogen-bond donors (Lipinski definition) is 2. The number of aromatic nitrogens is 2. The van der Waals surface area contributed by atoms with Gasteiger partial charge in [0.15, 0.2) is 0 Å². The van der Waals surface area contributed by atoms with Gasteiger partial charge in [-0.1, -0.05) is 12.8 Å². The molecule has 94 valence electrons. The molecule has 0 bridgehead atoms. The van der Waals surface area contributed by atoms with Gasteiger partial charge < -0.3 is 10.3 Å². The average Bonchev–Trinajstić information content (AvgIpc) is 2.81. The normalized spacial score (nSPS) is 16.6. The molecule has 0 amide bonds. The van der Waals surface area contributed by atoms with Gasteiger partial charge in [0, 0.05) is 17.2 Å². The monoisotopic (exact) mass is 235 g/mol. The van der Waals surface area contributed by atoms with Crippen LogP contribution in [0.1, 0.15) is 48.7 Å². The maximum absolute atomic E-state index is 12.0. The third-order valence-corrected chi connectivity index (χ3v) is 3.61. The Labute approximate surface area is 102 Å². The van der Waals surface area contributed by atoms with Crippen molar-refractivity contribution in [1.29, 1.82) is 0 Å². The molecular weight excluding hydrogens is 214 g/mol. The van der Waals surface area contributed by atoms with Crippen LogP contribution in [0.5, 0.6) is 0 Å². The van der Waals surface area contributed by atoms with Gasteiger partial charge in [0.25, 0.3) is 5.56 Å². The highest BCUT2D eigenvalue weighted by Crippen LogP contribution is 2.31. The van der Waals surface area contributed by atoms with Gasteiger partial charge in [0.2, 0.25) is 0 Å². The molecule has 1 aliphatic rings. The first kappa shape index (κ1) is 12.3. The first-order valence-corrected chi connectivity index (χ1v) is 6.46. The van der Waals surface area contributed by atoms with Gasteiger partial charge in [-0.25, -0.2) is 4.98 Å². The Morgan fingerprint density at radius 1 is 1.41 bits per heavy atom. The quantitative estimate of drug-likeness (QED) is 0.831. The van der Waals surface area contributed by atoms with Crippen LogP contribution in [-0.4, -0.2) is 23.6 Å². The zero-order valence-corrected chi connectivity index (χ0v) is 10.7. The molecule has 0 unspecified atom stereocenters. The van der Waals surface area contributed by atoms with Crippen LogP contribution in [0.2, 0.25) is 0 Å². The van der Waals surface area contributed by atoms with Crippen molar-refractivity contribution in [2.24, 2.45) is 0 Å². The molecule has 2 rings (SSSR count). The largest absolute Gasteiger partial charge is 0.319 e. The molecule has 0 spiro atoms. The fourth-order valence-electron chi connectivity index (χ4n) is 2.57. The van der Waals surface area contributed by atoms with Crippen LogP contribution in [-0.2, 0) is 6.42 Å². The summed E-state index contributed by atoms with van der Waals surface area (Å²) in [6, 6.07) is 0. The molecule has 17 heavy (non-hydrogen) atoms. The summed E-state index contributed by atoms with van der Waals surface area (Å²) in [5.41, 5.74) is 1.77. The summed E-state index contributed by atoms with van der Waals surface area (Å²) in [6.45, 7) is 2.76. The van der Waals surface area contributed by atoms with Gasteiger partial charge in [-0.2, -0.15) is 0 Å². The molecule has 4 heteroatoms. The highest BCUT2D eigenvalue weighted by molar-refractivity contribution is 5.18.